The molecule has 0 saturated heterocycles. The van der Waals surface area contributed by atoms with Gasteiger partial charge in [-0.1, -0.05) is 0 Å². The van der Waals surface area contributed by atoms with Crippen LogP contribution >= 0.6 is 0 Å². The van der Waals surface area contributed by atoms with Gasteiger partial charge in [0.05, 0.1) is 19.1 Å². The quantitative estimate of drug-likeness (QED) is 0.661. The maximum atomic E-state index is 10.4. The Morgan fingerprint density at radius 2 is 2.36 bits per heavy atom. The average molecular weight is 190 g/mol. The molecule has 5 nitrogen and oxygen atoms in total. The molecule has 72 valence electrons. The van der Waals surface area contributed by atoms with E-state index in [4.69, 9.17) is 0 Å². The van der Waals surface area contributed by atoms with E-state index in [1.165, 1.54) is 0 Å². The molecule has 0 atom stereocenters. The van der Waals surface area contributed by atoms with Crippen LogP contribution in [-0.4, -0.2) is 25.6 Å². The van der Waals surface area contributed by atoms with Gasteiger partial charge in [0.15, 0.2) is 6.29 Å². The molecule has 0 aliphatic carbocycles. The Morgan fingerprint density at radius 3 is 2.93 bits per heavy atom. The summed E-state index contributed by atoms with van der Waals surface area (Å²) < 4.78 is 3.59. The van der Waals surface area contributed by atoms with Gasteiger partial charge in [-0.15, -0.1) is 0 Å². The van der Waals surface area contributed by atoms with E-state index < -0.39 is 0 Å². The topological polar surface area (TPSA) is 52.7 Å². The van der Waals surface area contributed by atoms with Crippen molar-refractivity contribution in [2.75, 3.05) is 0 Å². The zero-order valence-corrected chi connectivity index (χ0v) is 7.79. The predicted octanol–water partition coefficient (Wildman–Crippen LogP) is 0.477. The summed E-state index contributed by atoms with van der Waals surface area (Å²) in [6.45, 7) is 0.689. The van der Waals surface area contributed by atoms with Gasteiger partial charge in [0, 0.05) is 25.0 Å². The Bertz CT molecular complexity index is 443. The number of hydrogen-bond donors (Lipinski definition) is 0. The molecule has 14 heavy (non-hydrogen) atoms. The van der Waals surface area contributed by atoms with Crippen molar-refractivity contribution in [3.05, 3.63) is 36.2 Å². The van der Waals surface area contributed by atoms with Gasteiger partial charge in [0.25, 0.3) is 0 Å². The van der Waals surface area contributed by atoms with Crippen LogP contribution in [-0.2, 0) is 13.6 Å². The van der Waals surface area contributed by atoms with Crippen LogP contribution in [0.2, 0.25) is 0 Å². The van der Waals surface area contributed by atoms with Crippen molar-refractivity contribution in [3.63, 3.8) is 0 Å². The minimum Gasteiger partial charge on any atom is -0.332 e. The third-order valence-electron chi connectivity index (χ3n) is 1.90. The molecule has 0 radical (unpaired) electrons. The lowest BCUT2D eigenvalue weighted by Gasteiger charge is -1.96. The van der Waals surface area contributed by atoms with Crippen LogP contribution in [0.15, 0.2) is 24.9 Å². The summed E-state index contributed by atoms with van der Waals surface area (Å²) in [4.78, 5) is 14.3. The zero-order chi connectivity index (χ0) is 9.97. The lowest BCUT2D eigenvalue weighted by Crippen LogP contribution is -1.94. The summed E-state index contributed by atoms with van der Waals surface area (Å²) in [5.74, 6) is 0. The molecule has 2 aromatic rings. The first kappa shape index (κ1) is 8.68. The van der Waals surface area contributed by atoms with Gasteiger partial charge in [-0.05, 0) is 0 Å². The molecule has 5 heteroatoms. The van der Waals surface area contributed by atoms with Gasteiger partial charge >= 0.3 is 0 Å². The highest BCUT2D eigenvalue weighted by atomic mass is 16.1. The standard InChI is InChI=1S/C9H10N4O/c1-12-3-8(2-11-12)4-13-5-9(6-14)10-7-13/h2-3,5-7H,4H2,1H3. The monoisotopic (exact) mass is 190 g/mol. The highest BCUT2D eigenvalue weighted by molar-refractivity contribution is 5.70. The summed E-state index contributed by atoms with van der Waals surface area (Å²) in [5.41, 5.74) is 1.54. The largest absolute Gasteiger partial charge is 0.332 e. The first-order chi connectivity index (χ1) is 6.78. The fraction of sp³-hybridized carbons (Fsp3) is 0.222. The Balaban J connectivity index is 2.14. The normalized spacial score (nSPS) is 10.4. The SMILES string of the molecule is Cn1cc(Cn2cnc(C=O)c2)cn1. The molecule has 2 heterocycles. The number of nitrogens with zero attached hydrogens (tertiary/aromatic N) is 4. The summed E-state index contributed by atoms with van der Waals surface area (Å²) in [7, 11) is 1.87. The van der Waals surface area contributed by atoms with Gasteiger partial charge in [-0.25, -0.2) is 4.98 Å². The molecular formula is C9H10N4O. The van der Waals surface area contributed by atoms with Gasteiger partial charge in [0.1, 0.15) is 5.69 Å². The van der Waals surface area contributed by atoms with Crippen molar-refractivity contribution in [2.45, 2.75) is 6.54 Å². The number of imidazole rings is 1. The van der Waals surface area contributed by atoms with Crippen molar-refractivity contribution in [1.82, 2.24) is 19.3 Å². The van der Waals surface area contributed by atoms with Crippen molar-refractivity contribution in [3.8, 4) is 0 Å². The molecule has 0 amide bonds. The van der Waals surface area contributed by atoms with Crippen molar-refractivity contribution in [1.29, 1.82) is 0 Å². The molecule has 0 aromatic carbocycles. The smallest absolute Gasteiger partial charge is 0.169 e. The van der Waals surface area contributed by atoms with E-state index in [9.17, 15) is 4.79 Å². The van der Waals surface area contributed by atoms with E-state index >= 15 is 0 Å². The van der Waals surface area contributed by atoms with E-state index in [0.29, 0.717) is 12.2 Å². The lowest BCUT2D eigenvalue weighted by molar-refractivity contribution is 0.111. The summed E-state index contributed by atoms with van der Waals surface area (Å²) in [5, 5.41) is 4.05. The molecule has 0 N–H and O–H groups in total. The van der Waals surface area contributed by atoms with E-state index in [1.54, 1.807) is 23.4 Å². The van der Waals surface area contributed by atoms with E-state index in [1.807, 2.05) is 17.8 Å². The first-order valence-corrected chi connectivity index (χ1v) is 4.22. The molecule has 0 saturated carbocycles. The molecule has 0 bridgehead atoms. The number of aldehydes is 1. The summed E-state index contributed by atoms with van der Waals surface area (Å²) in [6.07, 6.45) is 7.80. The Labute approximate surface area is 81.0 Å². The second kappa shape index (κ2) is 3.45. The van der Waals surface area contributed by atoms with Crippen LogP contribution in [0.1, 0.15) is 16.1 Å². The summed E-state index contributed by atoms with van der Waals surface area (Å²) in [6, 6.07) is 0. The highest BCUT2D eigenvalue weighted by Gasteiger charge is 1.99. The molecule has 2 aromatic heterocycles. The van der Waals surface area contributed by atoms with E-state index in [-0.39, 0.29) is 0 Å². The number of rotatable bonds is 3. The van der Waals surface area contributed by atoms with Crippen LogP contribution in [0.5, 0.6) is 0 Å². The van der Waals surface area contributed by atoms with E-state index in [0.717, 1.165) is 11.8 Å². The Kier molecular flexibility index (Phi) is 2.14. The average Bonchev–Trinajstić information content (AvgIpc) is 2.76. The van der Waals surface area contributed by atoms with Gasteiger partial charge < -0.3 is 4.57 Å². The Hall–Kier alpha value is -1.91. The molecule has 2 rings (SSSR count). The minimum atomic E-state index is 0.453. The van der Waals surface area contributed by atoms with Crippen molar-refractivity contribution >= 4 is 6.29 Å². The van der Waals surface area contributed by atoms with Gasteiger partial charge in [-0.3, -0.25) is 9.48 Å². The van der Waals surface area contributed by atoms with Crippen LogP contribution in [0, 0.1) is 0 Å². The Morgan fingerprint density at radius 1 is 1.50 bits per heavy atom. The lowest BCUT2D eigenvalue weighted by atomic mass is 10.3. The van der Waals surface area contributed by atoms with Gasteiger partial charge in [0.2, 0.25) is 0 Å². The second-order valence-corrected chi connectivity index (χ2v) is 3.11. The molecule has 0 spiro atoms. The van der Waals surface area contributed by atoms with Crippen LogP contribution in [0.3, 0.4) is 0 Å². The van der Waals surface area contributed by atoms with E-state index in [2.05, 4.69) is 10.1 Å². The maximum absolute atomic E-state index is 10.4. The highest BCUT2D eigenvalue weighted by Crippen LogP contribution is 2.01. The number of carbonyl (C=O) groups excluding carboxylic acids is 1. The van der Waals surface area contributed by atoms with Crippen molar-refractivity contribution in [2.24, 2.45) is 7.05 Å². The number of aryl methyl sites for hydroxylation is 1. The first-order valence-electron chi connectivity index (χ1n) is 4.22. The van der Waals surface area contributed by atoms with Crippen LogP contribution in [0.4, 0.5) is 0 Å². The molecule has 0 aliphatic rings. The third-order valence-corrected chi connectivity index (χ3v) is 1.90. The number of hydrogen-bond acceptors (Lipinski definition) is 3. The fourth-order valence-electron chi connectivity index (χ4n) is 1.29. The number of aromatic nitrogens is 4. The molecule has 0 unspecified atom stereocenters. The summed E-state index contributed by atoms with van der Waals surface area (Å²) >= 11 is 0. The molecule has 0 aliphatic heterocycles. The van der Waals surface area contributed by atoms with Crippen LogP contribution < -0.4 is 0 Å². The predicted molar refractivity (Wildman–Crippen MR) is 49.9 cm³/mol. The third kappa shape index (κ3) is 1.71. The van der Waals surface area contributed by atoms with Gasteiger partial charge in [-0.2, -0.15) is 5.10 Å². The second-order valence-electron chi connectivity index (χ2n) is 3.11. The molecular weight excluding hydrogens is 180 g/mol. The van der Waals surface area contributed by atoms with Crippen LogP contribution in [0.25, 0.3) is 0 Å². The maximum Gasteiger partial charge on any atom is 0.169 e. The van der Waals surface area contributed by atoms with Crippen molar-refractivity contribution < 1.29 is 4.79 Å². The minimum absolute atomic E-state index is 0.453. The fourth-order valence-corrected chi connectivity index (χ4v) is 1.29. The molecule has 0 fully saturated rings. The zero-order valence-electron chi connectivity index (χ0n) is 7.79. The number of carbonyl (C=O) groups is 1.